The largest absolute Gasteiger partial charge is 0.475 e. The molecule has 3 aliphatic rings. The Morgan fingerprint density at radius 1 is 1.14 bits per heavy atom. The average molecular weight is 495 g/mol. The van der Waals surface area contributed by atoms with E-state index in [2.05, 4.69) is 20.2 Å². The Labute approximate surface area is 209 Å². The monoisotopic (exact) mass is 494 g/mol. The zero-order chi connectivity index (χ0) is 25.1. The standard InChI is InChI=1S/C25H30N6O5/c1-35-16-22(32)29-9-10-31-19(14-29)15-36-24-20(6-4-8-27-24)23(33)28-18-11-21(25(31)34)30(13-18)12-17-5-2-3-7-26-17/h2-8,18-19,21H,9-16H2,1H3,(H,28,33)/t18-,19+,21+/m1/s1. The topological polar surface area (TPSA) is 117 Å². The Kier molecular flexibility index (Phi) is 7.10. The molecule has 11 heteroatoms. The van der Waals surface area contributed by atoms with Gasteiger partial charge in [-0.15, -0.1) is 0 Å². The van der Waals surface area contributed by atoms with E-state index in [1.165, 1.54) is 7.11 Å². The minimum Gasteiger partial charge on any atom is -0.475 e. The van der Waals surface area contributed by atoms with Crippen LogP contribution in [0.3, 0.4) is 0 Å². The third-order valence-electron chi connectivity index (χ3n) is 6.93. The number of piperazine rings is 1. The summed E-state index contributed by atoms with van der Waals surface area (Å²) < 4.78 is 11.0. The van der Waals surface area contributed by atoms with Crippen LogP contribution in [0.25, 0.3) is 0 Å². The number of aromatic nitrogens is 2. The molecule has 5 rings (SSSR count). The first kappa shape index (κ1) is 24.1. The van der Waals surface area contributed by atoms with Gasteiger partial charge in [-0.2, -0.15) is 0 Å². The van der Waals surface area contributed by atoms with E-state index in [1.54, 1.807) is 29.4 Å². The van der Waals surface area contributed by atoms with Gasteiger partial charge in [0.05, 0.1) is 17.8 Å². The number of pyridine rings is 2. The summed E-state index contributed by atoms with van der Waals surface area (Å²) in [5.74, 6) is -0.238. The summed E-state index contributed by atoms with van der Waals surface area (Å²) >= 11 is 0. The fourth-order valence-corrected chi connectivity index (χ4v) is 5.18. The number of hydrogen-bond acceptors (Lipinski definition) is 8. The van der Waals surface area contributed by atoms with Crippen LogP contribution in [-0.4, -0.2) is 107 Å². The molecule has 0 spiro atoms. The Balaban J connectivity index is 1.46. The first-order chi connectivity index (χ1) is 17.5. The van der Waals surface area contributed by atoms with E-state index in [0.717, 1.165) is 5.69 Å². The van der Waals surface area contributed by atoms with Gasteiger partial charge in [-0.05, 0) is 30.7 Å². The fraction of sp³-hybridized carbons (Fsp3) is 0.480. The van der Waals surface area contributed by atoms with Gasteiger partial charge in [0, 0.05) is 58.3 Å². The van der Waals surface area contributed by atoms with Gasteiger partial charge in [-0.1, -0.05) is 6.07 Å². The van der Waals surface area contributed by atoms with Crippen molar-refractivity contribution in [3.8, 4) is 5.88 Å². The lowest BCUT2D eigenvalue weighted by Crippen LogP contribution is -2.61. The van der Waals surface area contributed by atoms with Crippen molar-refractivity contribution in [3.63, 3.8) is 0 Å². The molecule has 2 fully saturated rings. The summed E-state index contributed by atoms with van der Waals surface area (Å²) in [6.07, 6.45) is 3.79. The van der Waals surface area contributed by atoms with Gasteiger partial charge < -0.3 is 24.6 Å². The van der Waals surface area contributed by atoms with Crippen molar-refractivity contribution in [3.05, 3.63) is 54.0 Å². The van der Waals surface area contributed by atoms with Gasteiger partial charge in [0.15, 0.2) is 0 Å². The molecule has 2 aromatic rings. The molecule has 2 bridgehead atoms. The van der Waals surface area contributed by atoms with Crippen LogP contribution in [0, 0.1) is 0 Å². The summed E-state index contributed by atoms with van der Waals surface area (Å²) in [4.78, 5) is 53.9. The molecule has 2 aromatic heterocycles. The molecule has 1 N–H and O–H groups in total. The number of methoxy groups -OCH3 is 1. The molecule has 0 aliphatic carbocycles. The lowest BCUT2D eigenvalue weighted by molar-refractivity contribution is -0.148. The number of likely N-dealkylation sites (tertiary alicyclic amines) is 1. The number of ether oxygens (including phenoxy) is 2. The lowest BCUT2D eigenvalue weighted by atomic mass is 10.1. The van der Waals surface area contributed by atoms with Gasteiger partial charge in [-0.3, -0.25) is 24.3 Å². The van der Waals surface area contributed by atoms with E-state index in [9.17, 15) is 14.4 Å². The zero-order valence-electron chi connectivity index (χ0n) is 20.2. The number of rotatable bonds is 4. The maximum Gasteiger partial charge on any atom is 0.257 e. The maximum atomic E-state index is 13.9. The van der Waals surface area contributed by atoms with Crippen LogP contribution in [-0.2, 0) is 20.9 Å². The number of carbonyl (C=O) groups excluding carboxylic acids is 3. The molecular weight excluding hydrogens is 464 g/mol. The number of amides is 3. The third-order valence-corrected chi connectivity index (χ3v) is 6.93. The summed E-state index contributed by atoms with van der Waals surface area (Å²) in [5.41, 5.74) is 1.20. The van der Waals surface area contributed by atoms with Gasteiger partial charge in [-0.25, -0.2) is 4.98 Å². The lowest BCUT2D eigenvalue weighted by Gasteiger charge is -2.43. The molecule has 3 amide bonds. The minimum atomic E-state index is -0.422. The van der Waals surface area contributed by atoms with Crippen molar-refractivity contribution in [1.82, 2.24) is 30.0 Å². The molecule has 5 heterocycles. The molecule has 3 atom stereocenters. The van der Waals surface area contributed by atoms with Crippen LogP contribution in [0.1, 0.15) is 22.5 Å². The van der Waals surface area contributed by atoms with E-state index in [0.29, 0.717) is 44.7 Å². The third kappa shape index (κ3) is 5.02. The van der Waals surface area contributed by atoms with Crippen molar-refractivity contribution in [1.29, 1.82) is 0 Å². The molecule has 0 aromatic carbocycles. The highest BCUT2D eigenvalue weighted by molar-refractivity contribution is 5.96. The predicted octanol–water partition coefficient (Wildman–Crippen LogP) is -0.0723. The Morgan fingerprint density at radius 2 is 2.00 bits per heavy atom. The van der Waals surface area contributed by atoms with E-state index in [-0.39, 0.29) is 48.9 Å². The summed E-state index contributed by atoms with van der Waals surface area (Å²) in [5, 5.41) is 3.07. The molecule has 190 valence electrons. The Hall–Kier alpha value is -3.57. The minimum absolute atomic E-state index is 0.0196. The number of nitrogens with zero attached hydrogens (tertiary/aromatic N) is 5. The first-order valence-electron chi connectivity index (χ1n) is 12.1. The van der Waals surface area contributed by atoms with Gasteiger partial charge in [0.2, 0.25) is 17.7 Å². The first-order valence-corrected chi connectivity index (χ1v) is 12.1. The normalized spacial score (nSPS) is 24.6. The van der Waals surface area contributed by atoms with Crippen molar-refractivity contribution in [2.24, 2.45) is 0 Å². The number of hydrogen-bond donors (Lipinski definition) is 1. The SMILES string of the molecule is COCC(=O)N1CCN2C(=O)[C@@H]3C[C@H](CN3Cc3ccccn3)NC(=O)c3cccnc3OC[C@@H]2C1. The van der Waals surface area contributed by atoms with E-state index in [1.807, 2.05) is 23.1 Å². The number of nitrogens with one attached hydrogen (secondary N) is 1. The predicted molar refractivity (Wildman–Crippen MR) is 128 cm³/mol. The highest BCUT2D eigenvalue weighted by Crippen LogP contribution is 2.26. The quantitative estimate of drug-likeness (QED) is 0.628. The number of carbonyl (C=O) groups is 3. The number of fused-ring (bicyclic) bond motifs is 4. The molecule has 2 saturated heterocycles. The van der Waals surface area contributed by atoms with Crippen LogP contribution in [0.2, 0.25) is 0 Å². The molecule has 0 radical (unpaired) electrons. The van der Waals surface area contributed by atoms with Crippen molar-refractivity contribution in [2.45, 2.75) is 31.1 Å². The second-order valence-corrected chi connectivity index (χ2v) is 9.30. The van der Waals surface area contributed by atoms with Crippen LogP contribution < -0.4 is 10.1 Å². The van der Waals surface area contributed by atoms with E-state index >= 15 is 0 Å². The van der Waals surface area contributed by atoms with Crippen LogP contribution >= 0.6 is 0 Å². The van der Waals surface area contributed by atoms with Gasteiger partial charge >= 0.3 is 0 Å². The van der Waals surface area contributed by atoms with E-state index in [4.69, 9.17) is 9.47 Å². The molecule has 11 nitrogen and oxygen atoms in total. The molecule has 0 saturated carbocycles. The Bertz CT molecular complexity index is 1120. The summed E-state index contributed by atoms with van der Waals surface area (Å²) in [6, 6.07) is 8.05. The second kappa shape index (κ2) is 10.6. The van der Waals surface area contributed by atoms with Gasteiger partial charge in [0.1, 0.15) is 18.8 Å². The Morgan fingerprint density at radius 3 is 2.81 bits per heavy atom. The van der Waals surface area contributed by atoms with E-state index < -0.39 is 6.04 Å². The van der Waals surface area contributed by atoms with Crippen LogP contribution in [0.15, 0.2) is 42.7 Å². The molecular formula is C25H30N6O5. The second-order valence-electron chi connectivity index (χ2n) is 9.30. The van der Waals surface area contributed by atoms with Crippen LogP contribution in [0.4, 0.5) is 0 Å². The molecule has 0 unspecified atom stereocenters. The molecule has 36 heavy (non-hydrogen) atoms. The summed E-state index contributed by atoms with van der Waals surface area (Å²) in [7, 11) is 1.48. The maximum absolute atomic E-state index is 13.9. The molecule has 3 aliphatic heterocycles. The highest BCUT2D eigenvalue weighted by atomic mass is 16.5. The summed E-state index contributed by atoms with van der Waals surface area (Å²) in [6.45, 7) is 2.24. The van der Waals surface area contributed by atoms with Crippen molar-refractivity contribution >= 4 is 17.7 Å². The fourth-order valence-electron chi connectivity index (χ4n) is 5.18. The average Bonchev–Trinajstić information content (AvgIpc) is 3.29. The van der Waals surface area contributed by atoms with Crippen LogP contribution in [0.5, 0.6) is 5.88 Å². The highest BCUT2D eigenvalue weighted by Gasteiger charge is 2.43. The van der Waals surface area contributed by atoms with Crippen molar-refractivity contribution < 1.29 is 23.9 Å². The zero-order valence-corrected chi connectivity index (χ0v) is 20.2. The van der Waals surface area contributed by atoms with Crippen molar-refractivity contribution in [2.75, 3.05) is 46.5 Å². The van der Waals surface area contributed by atoms with Gasteiger partial charge in [0.25, 0.3) is 5.91 Å². The smallest absolute Gasteiger partial charge is 0.257 e.